The first-order valence-corrected chi connectivity index (χ1v) is 13.4. The van der Waals surface area contributed by atoms with Crippen molar-refractivity contribution in [2.24, 2.45) is 0 Å². The molecule has 2 aromatic rings. The van der Waals surface area contributed by atoms with E-state index in [9.17, 15) is 22.7 Å². The number of halogens is 1. The molecule has 0 saturated heterocycles. The molecule has 2 aliphatic rings. The van der Waals surface area contributed by atoms with Crippen LogP contribution in [0.5, 0.6) is 5.75 Å². The molecule has 0 aromatic heterocycles. The second-order valence-electron chi connectivity index (χ2n) is 8.85. The van der Waals surface area contributed by atoms with Gasteiger partial charge in [0.2, 0.25) is 10.0 Å². The average Bonchev–Trinajstić information content (AvgIpc) is 2.84. The van der Waals surface area contributed by atoms with Crippen LogP contribution in [0.15, 0.2) is 49.1 Å². The van der Waals surface area contributed by atoms with Gasteiger partial charge in [-0.3, -0.25) is 4.90 Å². The monoisotopic (exact) mass is 650 g/mol. The molecule has 0 bridgehead atoms. The van der Waals surface area contributed by atoms with Crippen molar-refractivity contribution >= 4 is 22.1 Å². The van der Waals surface area contributed by atoms with Crippen molar-refractivity contribution in [1.29, 1.82) is 0 Å². The fourth-order valence-electron chi connectivity index (χ4n) is 4.04. The number of phenolic OH excluding ortho intramolecular Hbond substituents is 1. The molecule has 10 heteroatoms. The van der Waals surface area contributed by atoms with Gasteiger partial charge in [0.15, 0.2) is 12.8 Å². The van der Waals surface area contributed by atoms with E-state index in [1.807, 2.05) is 18.3 Å². The van der Waals surface area contributed by atoms with Gasteiger partial charge in [0.1, 0.15) is 11.6 Å². The summed E-state index contributed by atoms with van der Waals surface area (Å²) >= 11 is 0. The molecule has 0 aliphatic carbocycles. The number of benzene rings is 2. The van der Waals surface area contributed by atoms with Gasteiger partial charge < -0.3 is 12.5 Å². The number of hydrogen-bond donors (Lipinski definition) is 1. The summed E-state index contributed by atoms with van der Waals surface area (Å²) in [5.41, 5.74) is 3.70. The van der Waals surface area contributed by atoms with Crippen molar-refractivity contribution in [3.05, 3.63) is 84.6 Å². The molecule has 1 amide bonds. The summed E-state index contributed by atoms with van der Waals surface area (Å²) in [6, 6.07) is 10.5. The van der Waals surface area contributed by atoms with E-state index in [0.717, 1.165) is 42.7 Å². The van der Waals surface area contributed by atoms with Crippen LogP contribution in [0, 0.1) is 20.2 Å². The van der Waals surface area contributed by atoms with Gasteiger partial charge in [-0.1, -0.05) is 24.8 Å². The zero-order valence-electron chi connectivity index (χ0n) is 22.3. The Hall–Kier alpha value is -0.828. The van der Waals surface area contributed by atoms with Crippen molar-refractivity contribution in [1.82, 2.24) is 9.21 Å². The first kappa shape index (κ1) is 34.2. The Morgan fingerprint density at radius 3 is 2.51 bits per heavy atom. The van der Waals surface area contributed by atoms with Gasteiger partial charge in [-0.05, 0) is 60.2 Å². The zero-order valence-corrected chi connectivity index (χ0v) is 29.4. The summed E-state index contributed by atoms with van der Waals surface area (Å²) in [4.78, 5) is 13.7. The molecule has 0 saturated carbocycles. The third kappa shape index (κ3) is 10.3. The fraction of sp³-hybridized carbons (Fsp3) is 0.370. The minimum absolute atomic E-state index is 0. The molecule has 1 N–H and O–H groups in total. The molecule has 2 aromatic carbocycles. The first-order chi connectivity index (χ1) is 16.6. The number of carbonyl (C=O) groups is 1. The molecule has 0 unspecified atom stereocenters. The predicted octanol–water partition coefficient (Wildman–Crippen LogP) is -0.0477. The van der Waals surface area contributed by atoms with E-state index in [1.54, 1.807) is 35.8 Å². The molecule has 0 radical (unpaired) electrons. The fourth-order valence-corrected chi connectivity index (χ4v) is 4.84. The molecule has 196 valence electrons. The summed E-state index contributed by atoms with van der Waals surface area (Å²) in [6.07, 6.45) is 5.93. The number of hydrogen-bond acceptors (Lipinski definition) is 5. The van der Waals surface area contributed by atoms with E-state index in [0.29, 0.717) is 31.6 Å². The number of aryl methyl sites for hydroxylation is 1. The van der Waals surface area contributed by atoms with E-state index in [1.165, 1.54) is 16.6 Å². The third-order valence-electron chi connectivity index (χ3n) is 6.26. The van der Waals surface area contributed by atoms with Gasteiger partial charge in [-0.15, -0.1) is 0 Å². The Labute approximate surface area is 279 Å². The normalized spacial score (nSPS) is 15.6. The van der Waals surface area contributed by atoms with Crippen molar-refractivity contribution in [3.63, 3.8) is 0 Å². The van der Waals surface area contributed by atoms with Crippen molar-refractivity contribution in [2.75, 3.05) is 39.0 Å². The number of amides is 1. The van der Waals surface area contributed by atoms with Crippen LogP contribution in [0.3, 0.4) is 0 Å². The zero-order chi connectivity index (χ0) is 25.6. The van der Waals surface area contributed by atoms with Gasteiger partial charge in [0.05, 0.1) is 19.3 Å². The Morgan fingerprint density at radius 2 is 1.92 bits per heavy atom. The molecule has 37 heavy (non-hydrogen) atoms. The van der Waals surface area contributed by atoms with Crippen molar-refractivity contribution in [3.8, 4) is 5.75 Å². The molecule has 0 atom stereocenters. The van der Waals surface area contributed by atoms with Gasteiger partial charge in [0, 0.05) is 25.7 Å². The van der Waals surface area contributed by atoms with E-state index in [-0.39, 0.29) is 93.8 Å². The maximum Gasteiger partial charge on any atom is 1.00 e. The first-order valence-electron chi connectivity index (χ1n) is 11.6. The summed E-state index contributed by atoms with van der Waals surface area (Å²) in [6.45, 7) is 9.30. The van der Waals surface area contributed by atoms with E-state index >= 15 is 0 Å². The number of carbonyl (C=O) groups excluding carboxylic acids is 1. The molecular formula is C27H36CsFN3O4S+. The Bertz CT molecular complexity index is 1230. The average molecular weight is 651 g/mol. The minimum Gasteiger partial charge on any atom is -0.508 e. The molecule has 2 heterocycles. The van der Waals surface area contributed by atoms with Crippen molar-refractivity contribution in [2.45, 2.75) is 26.3 Å². The van der Waals surface area contributed by atoms with E-state index in [2.05, 4.69) is 11.5 Å². The van der Waals surface area contributed by atoms with Crippen LogP contribution in [0.1, 0.15) is 22.3 Å². The van der Waals surface area contributed by atoms with Crippen LogP contribution in [0.4, 0.5) is 4.39 Å². The Morgan fingerprint density at radius 1 is 1.19 bits per heavy atom. The third-order valence-corrected chi connectivity index (χ3v) is 7.51. The summed E-state index contributed by atoms with van der Waals surface area (Å²) in [7, 11) is -3.11. The molecule has 4 rings (SSSR count). The standard InChI is InChI=1S/C16H20FN2O.C10H13NO3S.CH3.Cs/c1-3-16(20)19-10-8-18(9-11-19)7-6-14-5-4-13(2)15(17)12-14;1-15(13,14)11-5-4-8-6-10(12)3-2-9(8)7-11;;/h3-5,10,12H,1,6-9,11H2,2H3;2-3,6,12H,4-5,7H2,1H3;1H3;/q+1;;-1;+1. The quantitative estimate of drug-likeness (QED) is 0.279. The maximum absolute atomic E-state index is 13.5. The second-order valence-corrected chi connectivity index (χ2v) is 10.8. The Kier molecular flexibility index (Phi) is 14.5. The predicted molar refractivity (Wildman–Crippen MR) is 141 cm³/mol. The SMILES string of the molecule is C=CC(=O)[N+]1=CCN(CCc2ccc(C)c(F)c2)CC1.CS(=O)(=O)N1CCc2cc(O)ccc2C1.[CH3-].[Cs+]. The largest absolute Gasteiger partial charge is 1.00 e. The maximum atomic E-state index is 13.5. The van der Waals surface area contributed by atoms with Gasteiger partial charge in [0.25, 0.3) is 0 Å². The number of sulfonamides is 1. The summed E-state index contributed by atoms with van der Waals surface area (Å²) in [5, 5.41) is 9.28. The van der Waals surface area contributed by atoms with Crippen LogP contribution in [0.2, 0.25) is 0 Å². The molecule has 7 nitrogen and oxygen atoms in total. The number of nitrogens with zero attached hydrogens (tertiary/aromatic N) is 3. The van der Waals surface area contributed by atoms with Crippen LogP contribution < -0.4 is 68.9 Å². The molecular weight excluding hydrogens is 614 g/mol. The Balaban J connectivity index is 0.000000363. The van der Waals surface area contributed by atoms with Crippen LogP contribution in [-0.4, -0.2) is 78.4 Å². The van der Waals surface area contributed by atoms with Crippen molar-refractivity contribution < 1.29 is 96.2 Å². The number of phenols is 1. The van der Waals surface area contributed by atoms with Gasteiger partial charge >= 0.3 is 74.8 Å². The number of aromatic hydroxyl groups is 1. The summed E-state index contributed by atoms with van der Waals surface area (Å²) < 4.78 is 39.3. The number of fused-ring (bicyclic) bond motifs is 1. The molecule has 2 aliphatic heterocycles. The molecule has 0 spiro atoms. The number of rotatable bonds is 5. The molecule has 0 fully saturated rings. The van der Waals surface area contributed by atoms with E-state index in [4.69, 9.17) is 0 Å². The van der Waals surface area contributed by atoms with Gasteiger partial charge in [-0.2, -0.15) is 8.88 Å². The topological polar surface area (TPSA) is 80.9 Å². The smallest absolute Gasteiger partial charge is 0.508 e. The van der Waals surface area contributed by atoms with Crippen LogP contribution in [-0.2, 0) is 34.2 Å². The van der Waals surface area contributed by atoms with Crippen LogP contribution in [0.25, 0.3) is 0 Å². The second kappa shape index (κ2) is 15.7. The van der Waals surface area contributed by atoms with Crippen LogP contribution >= 0.6 is 0 Å². The minimum atomic E-state index is -3.11. The van der Waals surface area contributed by atoms with Gasteiger partial charge in [-0.25, -0.2) is 17.6 Å². The summed E-state index contributed by atoms with van der Waals surface area (Å²) in [5.74, 6) is 0.0438. The van der Waals surface area contributed by atoms with E-state index < -0.39 is 10.0 Å².